The van der Waals surface area contributed by atoms with Crippen molar-refractivity contribution in [2.45, 2.75) is 0 Å². The Kier molecular flexibility index (Phi) is 3.42. The first-order chi connectivity index (χ1) is 8.46. The van der Waals surface area contributed by atoms with Gasteiger partial charge in [0.05, 0.1) is 5.75 Å². The molecule has 0 atom stereocenters. The van der Waals surface area contributed by atoms with Gasteiger partial charge < -0.3 is 14.8 Å². The predicted octanol–water partition coefficient (Wildman–Crippen LogP) is 0.190. The lowest BCUT2D eigenvalue weighted by Gasteiger charge is -2.05. The lowest BCUT2D eigenvalue weighted by Crippen LogP contribution is -2.28. The maximum Gasteiger partial charge on any atom is 0.251 e. The predicted molar refractivity (Wildman–Crippen MR) is 64.6 cm³/mol. The molecule has 1 heterocycles. The third-order valence-electron chi connectivity index (χ3n) is 2.39. The molecule has 1 aromatic rings. The highest BCUT2D eigenvalue weighted by atomic mass is 32.2. The van der Waals surface area contributed by atoms with Crippen LogP contribution in [0, 0.1) is 0 Å². The molecular weight excluding hydrogens is 258 g/mol. The second-order valence-electron chi connectivity index (χ2n) is 3.95. The summed E-state index contributed by atoms with van der Waals surface area (Å²) in [5.74, 6) is 0.703. The quantitative estimate of drug-likeness (QED) is 0.845. The summed E-state index contributed by atoms with van der Waals surface area (Å²) >= 11 is 0. The van der Waals surface area contributed by atoms with Crippen LogP contribution in [0.2, 0.25) is 0 Å². The number of amides is 1. The highest BCUT2D eigenvalue weighted by molar-refractivity contribution is 7.90. The summed E-state index contributed by atoms with van der Waals surface area (Å²) < 4.78 is 32.1. The molecule has 6 nitrogen and oxygen atoms in total. The van der Waals surface area contributed by atoms with E-state index >= 15 is 0 Å². The Morgan fingerprint density at radius 3 is 2.78 bits per heavy atom. The van der Waals surface area contributed by atoms with Crippen LogP contribution in [-0.2, 0) is 9.84 Å². The molecular formula is C11H13NO5S. The molecule has 1 aliphatic heterocycles. The van der Waals surface area contributed by atoms with Gasteiger partial charge in [0.1, 0.15) is 9.84 Å². The van der Waals surface area contributed by atoms with E-state index in [1.54, 1.807) is 18.2 Å². The minimum absolute atomic E-state index is 0.0801. The Balaban J connectivity index is 1.97. The largest absolute Gasteiger partial charge is 0.454 e. The highest BCUT2D eigenvalue weighted by Crippen LogP contribution is 2.32. The summed E-state index contributed by atoms with van der Waals surface area (Å²) in [7, 11) is -3.07. The number of benzene rings is 1. The Morgan fingerprint density at radius 1 is 1.33 bits per heavy atom. The van der Waals surface area contributed by atoms with Crippen molar-refractivity contribution in [1.82, 2.24) is 5.32 Å². The Bertz CT molecular complexity index is 567. The van der Waals surface area contributed by atoms with Crippen molar-refractivity contribution >= 4 is 15.7 Å². The molecule has 0 spiro atoms. The summed E-state index contributed by atoms with van der Waals surface area (Å²) in [6, 6.07) is 4.81. The fourth-order valence-electron chi connectivity index (χ4n) is 1.49. The second kappa shape index (κ2) is 4.85. The van der Waals surface area contributed by atoms with Crippen molar-refractivity contribution in [2.75, 3.05) is 25.3 Å². The average Bonchev–Trinajstić information content (AvgIpc) is 2.73. The maximum absolute atomic E-state index is 11.7. The fraction of sp³-hybridized carbons (Fsp3) is 0.364. The molecule has 2 rings (SSSR count). The number of carbonyl (C=O) groups is 1. The Hall–Kier alpha value is -1.76. The molecule has 1 aliphatic rings. The maximum atomic E-state index is 11.7. The molecule has 0 fully saturated rings. The third-order valence-corrected chi connectivity index (χ3v) is 3.34. The van der Waals surface area contributed by atoms with Gasteiger partial charge >= 0.3 is 0 Å². The third kappa shape index (κ3) is 3.13. The molecule has 18 heavy (non-hydrogen) atoms. The van der Waals surface area contributed by atoms with Crippen LogP contribution in [0.15, 0.2) is 18.2 Å². The topological polar surface area (TPSA) is 81.7 Å². The van der Waals surface area contributed by atoms with Gasteiger partial charge in [0.25, 0.3) is 5.91 Å². The van der Waals surface area contributed by atoms with Gasteiger partial charge in [-0.25, -0.2) is 8.42 Å². The second-order valence-corrected chi connectivity index (χ2v) is 6.21. The molecule has 7 heteroatoms. The lowest BCUT2D eigenvalue weighted by atomic mass is 10.2. The van der Waals surface area contributed by atoms with E-state index in [1.807, 2.05) is 0 Å². The monoisotopic (exact) mass is 271 g/mol. The van der Waals surface area contributed by atoms with E-state index in [4.69, 9.17) is 9.47 Å². The molecule has 98 valence electrons. The molecule has 1 N–H and O–H groups in total. The number of hydrogen-bond acceptors (Lipinski definition) is 5. The number of fused-ring (bicyclic) bond motifs is 1. The smallest absolute Gasteiger partial charge is 0.251 e. The van der Waals surface area contributed by atoms with Crippen LogP contribution in [0.1, 0.15) is 10.4 Å². The van der Waals surface area contributed by atoms with Crippen LogP contribution in [-0.4, -0.2) is 39.7 Å². The van der Waals surface area contributed by atoms with E-state index in [0.29, 0.717) is 17.1 Å². The minimum atomic E-state index is -3.07. The summed E-state index contributed by atoms with van der Waals surface area (Å²) in [6.45, 7) is 0.237. The van der Waals surface area contributed by atoms with Crippen LogP contribution < -0.4 is 14.8 Å². The Morgan fingerprint density at radius 2 is 2.06 bits per heavy atom. The van der Waals surface area contributed by atoms with E-state index in [9.17, 15) is 13.2 Å². The van der Waals surface area contributed by atoms with Crippen LogP contribution >= 0.6 is 0 Å². The van der Waals surface area contributed by atoms with Crippen molar-refractivity contribution < 1.29 is 22.7 Å². The van der Waals surface area contributed by atoms with E-state index in [2.05, 4.69) is 5.32 Å². The number of rotatable bonds is 4. The number of sulfone groups is 1. The SMILES string of the molecule is CS(=O)(=O)CCNC(=O)c1ccc2c(c1)OCO2. The van der Waals surface area contributed by atoms with E-state index < -0.39 is 9.84 Å². The highest BCUT2D eigenvalue weighted by Gasteiger charge is 2.16. The normalized spacial score (nSPS) is 13.4. The molecule has 0 aromatic heterocycles. The summed E-state index contributed by atoms with van der Waals surface area (Å²) in [5, 5.41) is 2.53. The Labute approximate surface area is 105 Å². The van der Waals surface area contributed by atoms with Crippen molar-refractivity contribution in [3.8, 4) is 11.5 Å². The van der Waals surface area contributed by atoms with Crippen LogP contribution in [0.5, 0.6) is 11.5 Å². The summed E-state index contributed by atoms with van der Waals surface area (Å²) in [5.41, 5.74) is 0.410. The van der Waals surface area contributed by atoms with E-state index in [0.717, 1.165) is 6.26 Å². The van der Waals surface area contributed by atoms with Gasteiger partial charge in [-0.2, -0.15) is 0 Å². The minimum Gasteiger partial charge on any atom is -0.454 e. The van der Waals surface area contributed by atoms with Crippen LogP contribution in [0.3, 0.4) is 0 Å². The first-order valence-electron chi connectivity index (χ1n) is 5.31. The molecule has 0 bridgehead atoms. The molecule has 0 radical (unpaired) electrons. The molecule has 1 amide bonds. The summed E-state index contributed by atoms with van der Waals surface area (Å²) in [4.78, 5) is 11.7. The molecule has 0 unspecified atom stereocenters. The van der Waals surface area contributed by atoms with Gasteiger partial charge in [-0.15, -0.1) is 0 Å². The number of ether oxygens (including phenoxy) is 2. The van der Waals surface area contributed by atoms with Gasteiger partial charge in [0.2, 0.25) is 6.79 Å². The number of hydrogen-bond donors (Lipinski definition) is 1. The molecule has 1 aromatic carbocycles. The van der Waals surface area contributed by atoms with Crippen molar-refractivity contribution in [3.05, 3.63) is 23.8 Å². The zero-order valence-corrected chi connectivity index (χ0v) is 10.6. The first-order valence-corrected chi connectivity index (χ1v) is 7.37. The average molecular weight is 271 g/mol. The molecule has 0 saturated carbocycles. The summed E-state index contributed by atoms with van der Waals surface area (Å²) in [6.07, 6.45) is 1.12. The first kappa shape index (κ1) is 12.7. The van der Waals surface area contributed by atoms with E-state index in [-0.39, 0.29) is 25.0 Å². The standard InChI is InChI=1S/C11H13NO5S/c1-18(14,15)5-4-12-11(13)8-2-3-9-10(6-8)17-7-16-9/h2-3,6H,4-5,7H2,1H3,(H,12,13). The molecule has 0 saturated heterocycles. The zero-order valence-electron chi connectivity index (χ0n) is 9.80. The fourth-order valence-corrected chi connectivity index (χ4v) is 1.96. The van der Waals surface area contributed by atoms with Gasteiger partial charge in [-0.05, 0) is 18.2 Å². The van der Waals surface area contributed by atoms with Crippen LogP contribution in [0.25, 0.3) is 0 Å². The zero-order chi connectivity index (χ0) is 13.2. The van der Waals surface area contributed by atoms with Crippen LogP contribution in [0.4, 0.5) is 0 Å². The molecule has 0 aliphatic carbocycles. The van der Waals surface area contributed by atoms with Crippen molar-refractivity contribution in [2.24, 2.45) is 0 Å². The lowest BCUT2D eigenvalue weighted by molar-refractivity contribution is 0.0955. The van der Waals surface area contributed by atoms with Gasteiger partial charge in [-0.1, -0.05) is 0 Å². The van der Waals surface area contributed by atoms with Gasteiger partial charge in [-0.3, -0.25) is 4.79 Å². The van der Waals surface area contributed by atoms with Crippen molar-refractivity contribution in [3.63, 3.8) is 0 Å². The van der Waals surface area contributed by atoms with Gasteiger partial charge in [0.15, 0.2) is 11.5 Å². The van der Waals surface area contributed by atoms with Gasteiger partial charge in [0, 0.05) is 18.4 Å². The van der Waals surface area contributed by atoms with E-state index in [1.165, 1.54) is 0 Å². The van der Waals surface area contributed by atoms with Crippen molar-refractivity contribution in [1.29, 1.82) is 0 Å². The number of carbonyl (C=O) groups excluding carboxylic acids is 1. The number of nitrogens with one attached hydrogen (secondary N) is 1.